The van der Waals surface area contributed by atoms with Crippen LogP contribution in [0.1, 0.15) is 20.3 Å². The molecular formula is C9H14FNO5S. The Kier molecular flexibility index (Phi) is 3.75. The van der Waals surface area contributed by atoms with Crippen LogP contribution in [0.3, 0.4) is 0 Å². The van der Waals surface area contributed by atoms with Crippen molar-refractivity contribution >= 4 is 22.1 Å². The van der Waals surface area contributed by atoms with Gasteiger partial charge < -0.3 is 10.0 Å². The van der Waals surface area contributed by atoms with E-state index in [1.165, 1.54) is 0 Å². The quantitative estimate of drug-likeness (QED) is 0.724. The Morgan fingerprint density at radius 2 is 2.06 bits per heavy atom. The van der Waals surface area contributed by atoms with Crippen LogP contribution in [-0.2, 0) is 19.8 Å². The molecular weight excluding hydrogens is 253 g/mol. The summed E-state index contributed by atoms with van der Waals surface area (Å²) in [6.07, 6.45) is -0.491. The van der Waals surface area contributed by atoms with Crippen LogP contribution in [0.5, 0.6) is 0 Å². The molecule has 0 aromatic rings. The maximum Gasteiger partial charge on any atom is 0.326 e. The number of aliphatic carboxylic acids is 1. The predicted molar refractivity (Wildman–Crippen MR) is 56.4 cm³/mol. The Morgan fingerprint density at radius 1 is 1.53 bits per heavy atom. The van der Waals surface area contributed by atoms with Gasteiger partial charge in [0.1, 0.15) is 11.3 Å². The summed E-state index contributed by atoms with van der Waals surface area (Å²) in [7, 11) is -4.81. The fraction of sp³-hybridized carbons (Fsp3) is 0.778. The van der Waals surface area contributed by atoms with Gasteiger partial charge in [-0.25, -0.2) is 4.79 Å². The Balaban J connectivity index is 2.94. The molecule has 1 unspecified atom stereocenters. The number of nitrogens with zero attached hydrogens (tertiary/aromatic N) is 1. The standard InChI is InChI=1S/C9H14FNO5S/c1-5(2)8(9(13)14)11-4-6(3-7(11)12)17(10,15)16/h5-6,8H,3-4H2,1-2H3,(H,13,14)/t6?,8-/m0/s1. The summed E-state index contributed by atoms with van der Waals surface area (Å²) in [5, 5.41) is 7.53. The van der Waals surface area contributed by atoms with Crippen LogP contribution in [0.25, 0.3) is 0 Å². The summed E-state index contributed by atoms with van der Waals surface area (Å²) in [5.41, 5.74) is 0. The van der Waals surface area contributed by atoms with Crippen molar-refractivity contribution in [2.24, 2.45) is 5.92 Å². The van der Waals surface area contributed by atoms with E-state index >= 15 is 0 Å². The molecule has 0 aliphatic carbocycles. The summed E-state index contributed by atoms with van der Waals surface area (Å²) in [6, 6.07) is -1.12. The van der Waals surface area contributed by atoms with E-state index in [2.05, 4.69) is 0 Å². The molecule has 0 aromatic heterocycles. The van der Waals surface area contributed by atoms with Crippen molar-refractivity contribution in [2.45, 2.75) is 31.6 Å². The highest BCUT2D eigenvalue weighted by Crippen LogP contribution is 2.24. The Labute approximate surface area is 98.6 Å². The zero-order chi connectivity index (χ0) is 13.4. The maximum atomic E-state index is 12.8. The normalized spacial score (nSPS) is 23.2. The molecule has 1 N–H and O–H groups in total. The van der Waals surface area contributed by atoms with Crippen molar-refractivity contribution in [3.05, 3.63) is 0 Å². The third-order valence-electron chi connectivity index (χ3n) is 2.74. The summed E-state index contributed by atoms with van der Waals surface area (Å²) in [5.74, 6) is -2.24. The van der Waals surface area contributed by atoms with Gasteiger partial charge in [-0.3, -0.25) is 4.79 Å². The first kappa shape index (κ1) is 13.9. The van der Waals surface area contributed by atoms with E-state index in [1.54, 1.807) is 13.8 Å². The molecule has 1 heterocycles. The van der Waals surface area contributed by atoms with Crippen molar-refractivity contribution in [3.63, 3.8) is 0 Å². The van der Waals surface area contributed by atoms with Gasteiger partial charge in [0, 0.05) is 13.0 Å². The summed E-state index contributed by atoms with van der Waals surface area (Å²) < 4.78 is 34.1. The van der Waals surface area contributed by atoms with Gasteiger partial charge >= 0.3 is 16.2 Å². The van der Waals surface area contributed by atoms with Crippen molar-refractivity contribution in [3.8, 4) is 0 Å². The van der Waals surface area contributed by atoms with Crippen LogP contribution in [0.2, 0.25) is 0 Å². The highest BCUT2D eigenvalue weighted by atomic mass is 32.3. The van der Waals surface area contributed by atoms with Crippen LogP contribution < -0.4 is 0 Å². The molecule has 8 heteroatoms. The fourth-order valence-corrected chi connectivity index (χ4v) is 2.61. The maximum absolute atomic E-state index is 12.8. The minimum absolute atomic E-state index is 0.377. The molecule has 1 rings (SSSR count). The lowest BCUT2D eigenvalue weighted by Gasteiger charge is -2.27. The molecule has 0 saturated carbocycles. The van der Waals surface area contributed by atoms with E-state index in [9.17, 15) is 21.9 Å². The van der Waals surface area contributed by atoms with Crippen molar-refractivity contribution in [1.82, 2.24) is 4.90 Å². The summed E-state index contributed by atoms with van der Waals surface area (Å²) >= 11 is 0. The Morgan fingerprint density at radius 3 is 2.35 bits per heavy atom. The van der Waals surface area contributed by atoms with Gasteiger partial charge in [-0.05, 0) is 5.92 Å². The molecule has 2 atom stereocenters. The zero-order valence-corrected chi connectivity index (χ0v) is 10.3. The van der Waals surface area contributed by atoms with Crippen LogP contribution in [0.4, 0.5) is 3.89 Å². The molecule has 1 saturated heterocycles. The van der Waals surface area contributed by atoms with E-state index < -0.39 is 46.4 Å². The topological polar surface area (TPSA) is 91.8 Å². The lowest BCUT2D eigenvalue weighted by Crippen LogP contribution is -2.46. The molecule has 1 fully saturated rings. The predicted octanol–water partition coefficient (Wildman–Crippen LogP) is -0.00420. The number of carboxylic acids is 1. The molecule has 98 valence electrons. The van der Waals surface area contributed by atoms with Gasteiger partial charge in [0.25, 0.3) is 0 Å². The van der Waals surface area contributed by atoms with Gasteiger partial charge in [0.2, 0.25) is 5.91 Å². The SMILES string of the molecule is CC(C)[C@@H](C(=O)O)N1CC(S(=O)(=O)F)CC1=O. The number of carbonyl (C=O) groups excluding carboxylic acids is 1. The largest absolute Gasteiger partial charge is 0.480 e. The first-order chi connectivity index (χ1) is 7.64. The third-order valence-corrected chi connectivity index (χ3v) is 3.85. The molecule has 0 radical (unpaired) electrons. The molecule has 17 heavy (non-hydrogen) atoms. The lowest BCUT2D eigenvalue weighted by atomic mass is 10.0. The second-order valence-electron chi connectivity index (χ2n) is 4.37. The highest BCUT2D eigenvalue weighted by Gasteiger charge is 2.44. The van der Waals surface area contributed by atoms with Crippen molar-refractivity contribution in [1.29, 1.82) is 0 Å². The number of amides is 1. The average molecular weight is 267 g/mol. The number of rotatable bonds is 4. The van der Waals surface area contributed by atoms with E-state index in [0.717, 1.165) is 4.90 Å². The Hall–Kier alpha value is -1.18. The van der Waals surface area contributed by atoms with E-state index in [-0.39, 0.29) is 5.92 Å². The van der Waals surface area contributed by atoms with Gasteiger partial charge in [0.05, 0.1) is 0 Å². The average Bonchev–Trinajstić information content (AvgIpc) is 2.46. The van der Waals surface area contributed by atoms with Crippen LogP contribution >= 0.6 is 0 Å². The number of halogens is 1. The molecule has 0 spiro atoms. The van der Waals surface area contributed by atoms with E-state index in [4.69, 9.17) is 5.11 Å². The molecule has 0 bridgehead atoms. The first-order valence-electron chi connectivity index (χ1n) is 5.10. The van der Waals surface area contributed by atoms with E-state index in [1.807, 2.05) is 0 Å². The molecule has 1 aliphatic heterocycles. The molecule has 1 aliphatic rings. The highest BCUT2D eigenvalue weighted by molar-refractivity contribution is 7.87. The van der Waals surface area contributed by atoms with Crippen LogP contribution in [0.15, 0.2) is 0 Å². The molecule has 6 nitrogen and oxygen atoms in total. The third kappa shape index (κ3) is 2.93. The smallest absolute Gasteiger partial charge is 0.326 e. The minimum atomic E-state index is -4.81. The lowest BCUT2D eigenvalue weighted by molar-refractivity contribution is -0.150. The molecule has 1 amide bonds. The van der Waals surface area contributed by atoms with Crippen molar-refractivity contribution in [2.75, 3.05) is 6.54 Å². The number of hydrogen-bond donors (Lipinski definition) is 1. The number of carboxylic acid groups (broad SMARTS) is 1. The van der Waals surface area contributed by atoms with Crippen LogP contribution in [0, 0.1) is 5.92 Å². The minimum Gasteiger partial charge on any atom is -0.480 e. The Bertz CT molecular complexity index is 433. The summed E-state index contributed by atoms with van der Waals surface area (Å²) in [6.45, 7) is 2.81. The van der Waals surface area contributed by atoms with Crippen molar-refractivity contribution < 1.29 is 27.0 Å². The van der Waals surface area contributed by atoms with Gasteiger partial charge in [-0.15, -0.1) is 3.89 Å². The summed E-state index contributed by atoms with van der Waals surface area (Å²) in [4.78, 5) is 23.4. The second-order valence-corrected chi connectivity index (χ2v) is 5.99. The fourth-order valence-electron chi connectivity index (χ4n) is 1.93. The second kappa shape index (κ2) is 4.59. The first-order valence-corrected chi connectivity index (χ1v) is 6.55. The van der Waals surface area contributed by atoms with Crippen LogP contribution in [-0.4, -0.2) is 48.1 Å². The monoisotopic (exact) mass is 267 g/mol. The zero-order valence-electron chi connectivity index (χ0n) is 9.46. The number of hydrogen-bond acceptors (Lipinski definition) is 4. The van der Waals surface area contributed by atoms with Gasteiger partial charge in [-0.1, -0.05) is 13.8 Å². The number of likely N-dealkylation sites (tertiary alicyclic amines) is 1. The van der Waals surface area contributed by atoms with Gasteiger partial charge in [-0.2, -0.15) is 8.42 Å². The van der Waals surface area contributed by atoms with E-state index in [0.29, 0.717) is 0 Å². The molecule has 0 aromatic carbocycles. The van der Waals surface area contributed by atoms with Gasteiger partial charge in [0.15, 0.2) is 0 Å². The number of carbonyl (C=O) groups is 2.